The second kappa shape index (κ2) is 6.41. The van der Waals surface area contributed by atoms with Gasteiger partial charge in [0.2, 0.25) is 0 Å². The zero-order valence-corrected chi connectivity index (χ0v) is 15.8. The van der Waals surface area contributed by atoms with Gasteiger partial charge in [0.1, 0.15) is 0 Å². The zero-order valence-electron chi connectivity index (χ0n) is 15.8. The third kappa shape index (κ3) is 3.42. The number of rotatable bonds is 6. The van der Waals surface area contributed by atoms with Gasteiger partial charge in [0.25, 0.3) is 0 Å². The van der Waals surface area contributed by atoms with E-state index in [1.165, 1.54) is 6.42 Å². The fraction of sp³-hybridized carbons (Fsp3) is 1.00. The summed E-state index contributed by atoms with van der Waals surface area (Å²) < 4.78 is 0. The molecule has 1 aliphatic rings. The van der Waals surface area contributed by atoms with E-state index in [0.29, 0.717) is 5.41 Å². The molecule has 0 aromatic rings. The lowest BCUT2D eigenvalue weighted by atomic mass is 9.47. The van der Waals surface area contributed by atoms with E-state index in [1.54, 1.807) is 0 Å². The summed E-state index contributed by atoms with van der Waals surface area (Å²) in [4.78, 5) is 0. The number of hydrogen-bond donors (Lipinski definition) is 0. The minimum atomic E-state index is 0.474. The van der Waals surface area contributed by atoms with E-state index < -0.39 is 0 Å². The molecule has 0 nitrogen and oxygen atoms in total. The van der Waals surface area contributed by atoms with Crippen molar-refractivity contribution in [1.82, 2.24) is 0 Å². The Balaban J connectivity index is 2.84. The smallest absolute Gasteiger partial charge is 0.0321 e. The third-order valence-corrected chi connectivity index (χ3v) is 6.71. The molecule has 0 bridgehead atoms. The van der Waals surface area contributed by atoms with Gasteiger partial charge in [0.15, 0.2) is 0 Å². The molecule has 0 spiro atoms. The van der Waals surface area contributed by atoms with Gasteiger partial charge in [0, 0.05) is 0 Å². The summed E-state index contributed by atoms with van der Waals surface area (Å²) in [5, 5.41) is 0. The fourth-order valence-electron chi connectivity index (χ4n) is 5.13. The van der Waals surface area contributed by atoms with Gasteiger partial charge in [-0.15, -0.1) is 0 Å². The second-order valence-corrected chi connectivity index (χ2v) is 9.40. The van der Waals surface area contributed by atoms with Crippen LogP contribution in [0.4, 0.5) is 0 Å². The molecule has 0 aromatic heterocycles. The molecule has 0 N–H and O–H groups in total. The highest BCUT2D eigenvalue weighted by Crippen LogP contribution is 2.57. The zero-order chi connectivity index (χ0) is 15.8. The Morgan fingerprint density at radius 3 is 1.45 bits per heavy atom. The SMILES string of the molecule is CC(C)C1C(C)C(C(C)C)C1C(C)CC(C)(C)C(C)C. The van der Waals surface area contributed by atoms with Crippen molar-refractivity contribution in [2.45, 2.75) is 75.7 Å². The molecule has 0 radical (unpaired) electrons. The van der Waals surface area contributed by atoms with Crippen molar-refractivity contribution in [1.29, 1.82) is 0 Å². The average Bonchev–Trinajstić information content (AvgIpc) is 2.22. The molecule has 20 heavy (non-hydrogen) atoms. The van der Waals surface area contributed by atoms with Crippen molar-refractivity contribution in [3.63, 3.8) is 0 Å². The summed E-state index contributed by atoms with van der Waals surface area (Å²) in [5.74, 6) is 7.08. The Bertz CT molecular complexity index is 281. The average molecular weight is 281 g/mol. The molecular weight excluding hydrogens is 240 g/mol. The van der Waals surface area contributed by atoms with Crippen molar-refractivity contribution in [3.05, 3.63) is 0 Å². The maximum Gasteiger partial charge on any atom is -0.0321 e. The Hall–Kier alpha value is 0. The quantitative estimate of drug-likeness (QED) is 0.520. The molecule has 3 unspecified atom stereocenters. The standard InChI is InChI=1S/C20H40/c1-12(2)17-16(8)18(13(3)4)19(17)15(7)11-20(9,10)14(5)6/h12-19H,11H2,1-10H3. The maximum atomic E-state index is 2.53. The highest BCUT2D eigenvalue weighted by molar-refractivity contribution is 5.00. The van der Waals surface area contributed by atoms with Crippen LogP contribution in [0.3, 0.4) is 0 Å². The molecule has 0 saturated heterocycles. The van der Waals surface area contributed by atoms with Crippen LogP contribution in [0.1, 0.15) is 75.7 Å². The molecule has 0 aliphatic heterocycles. The summed E-state index contributed by atoms with van der Waals surface area (Å²) in [6.45, 7) is 24.5. The van der Waals surface area contributed by atoms with Crippen molar-refractivity contribution in [3.8, 4) is 0 Å². The van der Waals surface area contributed by atoms with Crippen molar-refractivity contribution in [2.24, 2.45) is 52.8 Å². The minimum Gasteiger partial charge on any atom is -0.0625 e. The largest absolute Gasteiger partial charge is 0.0625 e. The van der Waals surface area contributed by atoms with Crippen LogP contribution in [0, 0.1) is 52.8 Å². The van der Waals surface area contributed by atoms with Gasteiger partial charge in [-0.3, -0.25) is 0 Å². The van der Waals surface area contributed by atoms with Crippen molar-refractivity contribution < 1.29 is 0 Å². The predicted octanol–water partition coefficient (Wildman–Crippen LogP) is 6.51. The molecule has 3 atom stereocenters. The minimum absolute atomic E-state index is 0.474. The Morgan fingerprint density at radius 1 is 0.750 bits per heavy atom. The van der Waals surface area contributed by atoms with E-state index in [-0.39, 0.29) is 0 Å². The molecule has 1 rings (SSSR count). The van der Waals surface area contributed by atoms with Crippen molar-refractivity contribution >= 4 is 0 Å². The van der Waals surface area contributed by atoms with E-state index in [9.17, 15) is 0 Å². The topological polar surface area (TPSA) is 0 Å². The molecule has 0 aromatic carbocycles. The van der Waals surface area contributed by atoms with Gasteiger partial charge in [-0.25, -0.2) is 0 Å². The summed E-state index contributed by atoms with van der Waals surface area (Å²) in [7, 11) is 0. The van der Waals surface area contributed by atoms with E-state index in [0.717, 1.165) is 47.3 Å². The summed E-state index contributed by atoms with van der Waals surface area (Å²) >= 11 is 0. The third-order valence-electron chi connectivity index (χ3n) is 6.71. The van der Waals surface area contributed by atoms with Gasteiger partial charge < -0.3 is 0 Å². The van der Waals surface area contributed by atoms with Crippen LogP contribution in [0.5, 0.6) is 0 Å². The summed E-state index contributed by atoms with van der Waals surface area (Å²) in [6, 6.07) is 0. The Morgan fingerprint density at radius 2 is 1.15 bits per heavy atom. The van der Waals surface area contributed by atoms with Crippen LogP contribution in [0.2, 0.25) is 0 Å². The Labute approximate surface area is 129 Å². The second-order valence-electron chi connectivity index (χ2n) is 9.40. The molecule has 0 heteroatoms. The highest BCUT2D eigenvalue weighted by atomic mass is 14.6. The van der Waals surface area contributed by atoms with Gasteiger partial charge in [-0.1, -0.05) is 69.2 Å². The van der Waals surface area contributed by atoms with Crippen LogP contribution in [0.15, 0.2) is 0 Å². The first-order valence-electron chi connectivity index (χ1n) is 9.00. The van der Waals surface area contributed by atoms with Gasteiger partial charge >= 0.3 is 0 Å². The lowest BCUT2D eigenvalue weighted by molar-refractivity contribution is -0.104. The highest BCUT2D eigenvalue weighted by Gasteiger charge is 2.52. The monoisotopic (exact) mass is 280 g/mol. The van der Waals surface area contributed by atoms with Gasteiger partial charge in [0.05, 0.1) is 0 Å². The summed E-state index contributed by atoms with van der Waals surface area (Å²) in [5.41, 5.74) is 0.474. The van der Waals surface area contributed by atoms with E-state index >= 15 is 0 Å². The van der Waals surface area contributed by atoms with E-state index in [4.69, 9.17) is 0 Å². The van der Waals surface area contributed by atoms with Crippen LogP contribution in [-0.2, 0) is 0 Å². The number of hydrogen-bond acceptors (Lipinski definition) is 0. The molecule has 1 saturated carbocycles. The van der Waals surface area contributed by atoms with Gasteiger partial charge in [-0.05, 0) is 59.2 Å². The molecule has 1 aliphatic carbocycles. The van der Waals surface area contributed by atoms with Crippen LogP contribution in [-0.4, -0.2) is 0 Å². The lowest BCUT2D eigenvalue weighted by Gasteiger charge is -2.58. The first kappa shape index (κ1) is 18.1. The molecule has 1 fully saturated rings. The van der Waals surface area contributed by atoms with Crippen LogP contribution >= 0.6 is 0 Å². The molecule has 0 heterocycles. The first-order valence-corrected chi connectivity index (χ1v) is 9.00. The van der Waals surface area contributed by atoms with Crippen LogP contribution in [0.25, 0.3) is 0 Å². The first-order chi connectivity index (χ1) is 9.00. The maximum absolute atomic E-state index is 2.53. The summed E-state index contributed by atoms with van der Waals surface area (Å²) in [6.07, 6.45) is 1.38. The fourth-order valence-corrected chi connectivity index (χ4v) is 5.13. The molecular formula is C20H40. The van der Waals surface area contributed by atoms with E-state index in [1.807, 2.05) is 0 Å². The normalized spacial score (nSPS) is 32.9. The molecule has 120 valence electrons. The lowest BCUT2D eigenvalue weighted by Crippen LogP contribution is -2.53. The van der Waals surface area contributed by atoms with Crippen molar-refractivity contribution in [2.75, 3.05) is 0 Å². The van der Waals surface area contributed by atoms with Gasteiger partial charge in [-0.2, -0.15) is 0 Å². The molecule has 0 amide bonds. The Kier molecular flexibility index (Phi) is 5.78. The van der Waals surface area contributed by atoms with Crippen LogP contribution < -0.4 is 0 Å². The predicted molar refractivity (Wildman–Crippen MR) is 91.7 cm³/mol. The van der Waals surface area contributed by atoms with E-state index in [2.05, 4.69) is 69.2 Å².